The number of hydrogen-bond acceptors (Lipinski definition) is 5. The molecule has 1 heterocycles. The van der Waals surface area contributed by atoms with E-state index in [4.69, 9.17) is 14.0 Å². The van der Waals surface area contributed by atoms with Gasteiger partial charge in [0.15, 0.2) is 0 Å². The van der Waals surface area contributed by atoms with Crippen LogP contribution in [-0.4, -0.2) is 43.5 Å². The predicted molar refractivity (Wildman–Crippen MR) is 55.7 cm³/mol. The number of carbonyl (C=O) groups is 1. The van der Waals surface area contributed by atoms with Gasteiger partial charge in [-0.15, -0.1) is 0 Å². The molecule has 3 rings (SSSR count). The summed E-state index contributed by atoms with van der Waals surface area (Å²) in [7, 11) is -4.06. The van der Waals surface area contributed by atoms with Gasteiger partial charge < -0.3 is 9.47 Å². The zero-order valence-corrected chi connectivity index (χ0v) is 9.93. The van der Waals surface area contributed by atoms with Crippen LogP contribution in [0.4, 0.5) is 0 Å². The maximum Gasteiger partial charge on any atom is 0.309 e. The Morgan fingerprint density at radius 3 is 2.71 bits per heavy atom. The summed E-state index contributed by atoms with van der Waals surface area (Å²) in [5.74, 6) is -0.310. The molecule has 0 amide bonds. The molecule has 96 valence electrons. The van der Waals surface area contributed by atoms with Crippen molar-refractivity contribution >= 4 is 16.1 Å². The lowest BCUT2D eigenvalue weighted by Crippen LogP contribution is -2.28. The van der Waals surface area contributed by atoms with Crippen molar-refractivity contribution in [2.75, 3.05) is 12.4 Å². The lowest BCUT2D eigenvalue weighted by molar-refractivity contribution is -0.149. The van der Waals surface area contributed by atoms with Gasteiger partial charge in [-0.25, -0.2) is 0 Å². The first kappa shape index (κ1) is 11.4. The third-order valence-corrected chi connectivity index (χ3v) is 4.67. The second kappa shape index (κ2) is 3.66. The fourth-order valence-electron chi connectivity index (χ4n) is 3.23. The van der Waals surface area contributed by atoms with E-state index in [9.17, 15) is 13.2 Å². The molecule has 0 aromatic rings. The summed E-state index contributed by atoms with van der Waals surface area (Å²) in [6.45, 7) is -0.277. The van der Waals surface area contributed by atoms with Gasteiger partial charge in [-0.2, -0.15) is 8.42 Å². The van der Waals surface area contributed by atoms with Crippen molar-refractivity contribution in [1.82, 2.24) is 0 Å². The minimum Gasteiger partial charge on any atom is -0.464 e. The van der Waals surface area contributed by atoms with Crippen LogP contribution in [0.5, 0.6) is 0 Å². The van der Waals surface area contributed by atoms with Crippen molar-refractivity contribution in [3.63, 3.8) is 0 Å². The fraction of sp³-hybridized carbons (Fsp3) is 0.900. The first-order valence-electron chi connectivity index (χ1n) is 5.73. The summed E-state index contributed by atoms with van der Waals surface area (Å²) in [4.78, 5) is 11.7. The Balaban J connectivity index is 1.51. The van der Waals surface area contributed by atoms with E-state index in [1.807, 2.05) is 0 Å². The molecule has 0 aromatic carbocycles. The standard InChI is InChI=1S/C10H14O6S/c11-10(15-1-2-17(12,13)14)7-4-5-3-6(7)9-8(5)16-9/h5-9H,1-4H2,(H,12,13,14). The first-order chi connectivity index (χ1) is 7.96. The lowest BCUT2D eigenvalue weighted by Gasteiger charge is -2.17. The number of carbonyl (C=O) groups excluding carboxylic acids is 1. The zero-order valence-electron chi connectivity index (χ0n) is 9.11. The third-order valence-electron chi connectivity index (χ3n) is 3.98. The molecule has 17 heavy (non-hydrogen) atoms. The van der Waals surface area contributed by atoms with Crippen molar-refractivity contribution in [2.45, 2.75) is 25.0 Å². The van der Waals surface area contributed by atoms with Crippen LogP contribution < -0.4 is 0 Å². The minimum atomic E-state index is -4.06. The van der Waals surface area contributed by atoms with Crippen LogP contribution in [0.1, 0.15) is 12.8 Å². The monoisotopic (exact) mass is 262 g/mol. The average Bonchev–Trinajstić information content (AvgIpc) is 2.82. The van der Waals surface area contributed by atoms with Crippen LogP contribution in [0.15, 0.2) is 0 Å². The molecule has 3 aliphatic rings. The van der Waals surface area contributed by atoms with E-state index in [2.05, 4.69) is 0 Å². The summed E-state index contributed by atoms with van der Waals surface area (Å²) in [5.41, 5.74) is 0. The van der Waals surface area contributed by atoms with E-state index >= 15 is 0 Å². The molecule has 1 N–H and O–H groups in total. The highest BCUT2D eigenvalue weighted by Gasteiger charge is 2.64. The molecular formula is C10H14O6S. The number of epoxide rings is 1. The highest BCUT2D eigenvalue weighted by Crippen LogP contribution is 2.58. The van der Waals surface area contributed by atoms with Crippen molar-refractivity contribution in [1.29, 1.82) is 0 Å². The third kappa shape index (κ3) is 2.07. The van der Waals surface area contributed by atoms with E-state index < -0.39 is 15.9 Å². The van der Waals surface area contributed by atoms with Crippen LogP contribution in [-0.2, 0) is 24.4 Å². The van der Waals surface area contributed by atoms with Gasteiger partial charge in [0, 0.05) is 5.92 Å². The van der Waals surface area contributed by atoms with Crippen LogP contribution in [0.25, 0.3) is 0 Å². The number of rotatable bonds is 4. The van der Waals surface area contributed by atoms with Gasteiger partial charge in [-0.05, 0) is 18.8 Å². The van der Waals surface area contributed by atoms with Gasteiger partial charge in [0.25, 0.3) is 10.1 Å². The molecule has 6 nitrogen and oxygen atoms in total. The van der Waals surface area contributed by atoms with E-state index in [-0.39, 0.29) is 30.5 Å². The maximum atomic E-state index is 11.7. The van der Waals surface area contributed by atoms with Crippen molar-refractivity contribution in [3.05, 3.63) is 0 Å². The molecule has 2 bridgehead atoms. The largest absolute Gasteiger partial charge is 0.464 e. The highest BCUT2D eigenvalue weighted by molar-refractivity contribution is 7.85. The second-order valence-corrected chi connectivity index (χ2v) is 6.59. The van der Waals surface area contributed by atoms with Gasteiger partial charge in [0.2, 0.25) is 0 Å². The van der Waals surface area contributed by atoms with Crippen LogP contribution in [0.3, 0.4) is 0 Å². The van der Waals surface area contributed by atoms with Crippen LogP contribution in [0, 0.1) is 17.8 Å². The molecule has 0 radical (unpaired) electrons. The summed E-state index contributed by atoms with van der Waals surface area (Å²) in [6, 6.07) is 0. The fourth-order valence-corrected chi connectivity index (χ4v) is 3.52. The molecule has 5 unspecified atom stereocenters. The SMILES string of the molecule is O=C(OCCS(=O)(=O)O)C1CC2CC1C1OC21. The number of ether oxygens (including phenoxy) is 2. The molecule has 5 atom stereocenters. The summed E-state index contributed by atoms with van der Waals surface area (Å²) in [5, 5.41) is 0. The molecular weight excluding hydrogens is 248 g/mol. The Morgan fingerprint density at radius 2 is 2.12 bits per heavy atom. The number of esters is 1. The van der Waals surface area contributed by atoms with Gasteiger partial charge in [0.05, 0.1) is 18.1 Å². The highest BCUT2D eigenvalue weighted by atomic mass is 32.2. The number of hydrogen-bond donors (Lipinski definition) is 1. The zero-order chi connectivity index (χ0) is 12.2. The van der Waals surface area contributed by atoms with Crippen molar-refractivity contribution in [3.8, 4) is 0 Å². The number of fused-ring (bicyclic) bond motifs is 5. The minimum absolute atomic E-state index is 0.148. The maximum absolute atomic E-state index is 11.7. The predicted octanol–water partition coefficient (Wildman–Crippen LogP) is -0.159. The Labute approximate surface area is 99.0 Å². The smallest absolute Gasteiger partial charge is 0.309 e. The van der Waals surface area contributed by atoms with E-state index in [1.54, 1.807) is 0 Å². The average molecular weight is 262 g/mol. The topological polar surface area (TPSA) is 93.2 Å². The van der Waals surface area contributed by atoms with Crippen molar-refractivity contribution in [2.24, 2.45) is 17.8 Å². The van der Waals surface area contributed by atoms with E-state index in [0.29, 0.717) is 12.0 Å². The summed E-state index contributed by atoms with van der Waals surface area (Å²) >= 11 is 0. The molecule has 1 saturated heterocycles. The molecule has 2 aliphatic carbocycles. The van der Waals surface area contributed by atoms with Crippen LogP contribution >= 0.6 is 0 Å². The lowest BCUT2D eigenvalue weighted by atomic mass is 9.89. The van der Waals surface area contributed by atoms with Gasteiger partial charge in [-0.1, -0.05) is 0 Å². The first-order valence-corrected chi connectivity index (χ1v) is 7.34. The quantitative estimate of drug-likeness (QED) is 0.430. The summed E-state index contributed by atoms with van der Waals surface area (Å²) in [6.07, 6.45) is 2.40. The molecule has 7 heteroatoms. The molecule has 2 saturated carbocycles. The van der Waals surface area contributed by atoms with Crippen LogP contribution in [0.2, 0.25) is 0 Å². The molecule has 0 aromatic heterocycles. The molecule has 1 aliphatic heterocycles. The molecule has 3 fully saturated rings. The van der Waals surface area contributed by atoms with Gasteiger partial charge >= 0.3 is 5.97 Å². The van der Waals surface area contributed by atoms with E-state index in [1.165, 1.54) is 0 Å². The Kier molecular flexibility index (Phi) is 2.46. The summed E-state index contributed by atoms with van der Waals surface area (Å²) < 4.78 is 39.8. The normalized spacial score (nSPS) is 42.3. The Morgan fingerprint density at radius 1 is 1.35 bits per heavy atom. The Hall–Kier alpha value is -0.660. The molecule has 0 spiro atoms. The second-order valence-electron chi connectivity index (χ2n) is 5.02. The van der Waals surface area contributed by atoms with E-state index in [0.717, 1.165) is 12.8 Å². The van der Waals surface area contributed by atoms with Gasteiger partial charge in [0.1, 0.15) is 12.4 Å². The van der Waals surface area contributed by atoms with Gasteiger partial charge in [-0.3, -0.25) is 9.35 Å². The van der Waals surface area contributed by atoms with Crippen molar-refractivity contribution < 1.29 is 27.2 Å². The Bertz CT molecular complexity index is 444.